The number of hydrogen-bond donors (Lipinski definition) is 1. The maximum Gasteiger partial charge on any atom is 0.254 e. The van der Waals surface area contributed by atoms with Crippen molar-refractivity contribution in [2.24, 2.45) is 0 Å². The summed E-state index contributed by atoms with van der Waals surface area (Å²) in [7, 11) is 3.83. The second-order valence-corrected chi connectivity index (χ2v) is 8.51. The van der Waals surface area contributed by atoms with E-state index in [0.29, 0.717) is 11.5 Å². The normalized spacial score (nSPS) is 17.5. The molecule has 3 heterocycles. The Morgan fingerprint density at radius 1 is 1.41 bits per heavy atom. The van der Waals surface area contributed by atoms with Crippen molar-refractivity contribution in [1.29, 1.82) is 0 Å². The number of amides is 1. The summed E-state index contributed by atoms with van der Waals surface area (Å²) in [4.78, 5) is 31.7. The SMILES string of the molecule is Cc1ncsc1CN1CCC(c2nc(N(C)C)ncc2C(=O)NC(C)C)C1. The van der Waals surface area contributed by atoms with Crippen LogP contribution in [0.2, 0.25) is 0 Å². The molecule has 7 nitrogen and oxygen atoms in total. The first-order valence-corrected chi connectivity index (χ1v) is 10.2. The van der Waals surface area contributed by atoms with Crippen LogP contribution in [0.3, 0.4) is 0 Å². The molecule has 2 aromatic heterocycles. The molecule has 1 unspecified atom stereocenters. The Morgan fingerprint density at radius 3 is 2.81 bits per heavy atom. The lowest BCUT2D eigenvalue weighted by atomic mass is 9.99. The van der Waals surface area contributed by atoms with E-state index in [1.807, 2.05) is 38.4 Å². The minimum Gasteiger partial charge on any atom is -0.350 e. The maximum absolute atomic E-state index is 12.7. The molecule has 1 N–H and O–H groups in total. The van der Waals surface area contributed by atoms with Gasteiger partial charge in [0.2, 0.25) is 5.95 Å². The van der Waals surface area contributed by atoms with Gasteiger partial charge in [-0.3, -0.25) is 9.69 Å². The molecule has 0 spiro atoms. The van der Waals surface area contributed by atoms with Crippen molar-refractivity contribution in [1.82, 2.24) is 25.2 Å². The summed E-state index contributed by atoms with van der Waals surface area (Å²) in [5, 5.41) is 2.97. The minimum absolute atomic E-state index is 0.0771. The Morgan fingerprint density at radius 2 is 2.19 bits per heavy atom. The average Bonchev–Trinajstić information content (AvgIpc) is 3.23. The van der Waals surface area contributed by atoms with Crippen LogP contribution >= 0.6 is 11.3 Å². The van der Waals surface area contributed by atoms with Gasteiger partial charge >= 0.3 is 0 Å². The van der Waals surface area contributed by atoms with E-state index < -0.39 is 0 Å². The Bertz CT molecular complexity index is 803. The van der Waals surface area contributed by atoms with E-state index in [2.05, 4.69) is 27.1 Å². The molecule has 0 saturated carbocycles. The van der Waals surface area contributed by atoms with Gasteiger partial charge in [0.25, 0.3) is 5.91 Å². The Labute approximate surface area is 164 Å². The summed E-state index contributed by atoms with van der Waals surface area (Å²) in [5.41, 5.74) is 4.46. The van der Waals surface area contributed by atoms with Crippen LogP contribution in [0, 0.1) is 6.92 Å². The molecule has 3 rings (SSSR count). The fourth-order valence-corrected chi connectivity index (χ4v) is 4.13. The number of likely N-dealkylation sites (tertiary alicyclic amines) is 1. The third-order valence-corrected chi connectivity index (χ3v) is 5.66. The van der Waals surface area contributed by atoms with Crippen LogP contribution in [-0.4, -0.2) is 59.0 Å². The second-order valence-electron chi connectivity index (χ2n) is 7.57. The monoisotopic (exact) mass is 388 g/mol. The molecule has 1 aliphatic rings. The summed E-state index contributed by atoms with van der Waals surface area (Å²) in [6.45, 7) is 8.77. The van der Waals surface area contributed by atoms with Gasteiger partial charge in [-0.25, -0.2) is 15.0 Å². The molecule has 8 heteroatoms. The van der Waals surface area contributed by atoms with Gasteiger partial charge in [0.15, 0.2) is 0 Å². The smallest absolute Gasteiger partial charge is 0.254 e. The number of nitrogens with one attached hydrogen (secondary N) is 1. The predicted molar refractivity (Wildman–Crippen MR) is 108 cm³/mol. The Kier molecular flexibility index (Phi) is 6.06. The van der Waals surface area contributed by atoms with E-state index in [1.54, 1.807) is 17.5 Å². The summed E-state index contributed by atoms with van der Waals surface area (Å²) >= 11 is 1.71. The number of nitrogens with zero attached hydrogens (tertiary/aromatic N) is 5. The van der Waals surface area contributed by atoms with Gasteiger partial charge in [-0.15, -0.1) is 11.3 Å². The van der Waals surface area contributed by atoms with Crippen LogP contribution in [0.15, 0.2) is 11.7 Å². The predicted octanol–water partition coefficient (Wildman–Crippen LogP) is 2.44. The zero-order chi connectivity index (χ0) is 19.6. The summed E-state index contributed by atoms with van der Waals surface area (Å²) in [6, 6.07) is 0.0771. The van der Waals surface area contributed by atoms with Crippen LogP contribution in [0.1, 0.15) is 52.8 Å². The largest absolute Gasteiger partial charge is 0.350 e. The third-order valence-electron chi connectivity index (χ3n) is 4.74. The number of thiazole rings is 1. The lowest BCUT2D eigenvalue weighted by Gasteiger charge is -2.19. The number of carbonyl (C=O) groups is 1. The van der Waals surface area contributed by atoms with E-state index in [9.17, 15) is 4.79 Å². The highest BCUT2D eigenvalue weighted by molar-refractivity contribution is 7.09. The molecule has 1 atom stereocenters. The zero-order valence-electron chi connectivity index (χ0n) is 16.7. The van der Waals surface area contributed by atoms with Gasteiger partial charge in [0.05, 0.1) is 22.5 Å². The summed E-state index contributed by atoms with van der Waals surface area (Å²) in [6.07, 6.45) is 2.66. The molecule has 0 bridgehead atoms. The van der Waals surface area contributed by atoms with Crippen molar-refractivity contribution in [2.45, 2.75) is 45.7 Å². The first kappa shape index (κ1) is 19.7. The molecule has 27 heavy (non-hydrogen) atoms. The highest BCUT2D eigenvalue weighted by Gasteiger charge is 2.30. The summed E-state index contributed by atoms with van der Waals surface area (Å²) < 4.78 is 0. The molecule has 1 fully saturated rings. The van der Waals surface area contributed by atoms with E-state index in [4.69, 9.17) is 4.98 Å². The molecule has 146 valence electrons. The van der Waals surface area contributed by atoms with Crippen LogP contribution in [0.5, 0.6) is 0 Å². The van der Waals surface area contributed by atoms with E-state index in [0.717, 1.165) is 37.4 Å². The van der Waals surface area contributed by atoms with Gasteiger partial charge in [-0.1, -0.05) is 0 Å². The molecule has 0 aliphatic carbocycles. The van der Waals surface area contributed by atoms with E-state index in [1.165, 1.54) is 4.88 Å². The quantitative estimate of drug-likeness (QED) is 0.819. The minimum atomic E-state index is -0.0953. The van der Waals surface area contributed by atoms with Gasteiger partial charge in [-0.05, 0) is 33.7 Å². The lowest BCUT2D eigenvalue weighted by molar-refractivity contribution is 0.0940. The molecule has 0 aromatic carbocycles. The highest BCUT2D eigenvalue weighted by atomic mass is 32.1. The number of anilines is 1. The first-order chi connectivity index (χ1) is 12.8. The fourth-order valence-electron chi connectivity index (χ4n) is 3.31. The number of aromatic nitrogens is 3. The van der Waals surface area contributed by atoms with Crippen molar-refractivity contribution < 1.29 is 4.79 Å². The Hall–Kier alpha value is -2.06. The number of aryl methyl sites for hydroxylation is 1. The molecule has 2 aromatic rings. The number of rotatable bonds is 6. The molecular formula is C19H28N6OS. The van der Waals surface area contributed by atoms with Crippen molar-refractivity contribution in [3.63, 3.8) is 0 Å². The molecule has 1 saturated heterocycles. The zero-order valence-corrected chi connectivity index (χ0v) is 17.5. The van der Waals surface area contributed by atoms with Crippen molar-refractivity contribution in [2.75, 3.05) is 32.1 Å². The van der Waals surface area contributed by atoms with Crippen molar-refractivity contribution in [3.05, 3.63) is 33.5 Å². The molecule has 1 amide bonds. The topological polar surface area (TPSA) is 74.2 Å². The fraction of sp³-hybridized carbons (Fsp3) is 0.579. The van der Waals surface area contributed by atoms with Crippen LogP contribution in [-0.2, 0) is 6.54 Å². The van der Waals surface area contributed by atoms with Crippen LogP contribution < -0.4 is 10.2 Å². The standard InChI is InChI=1S/C19H28N6OS/c1-12(2)22-18(26)15-8-20-19(24(4)5)23-17(15)14-6-7-25(9-14)10-16-13(3)21-11-27-16/h8,11-12,14H,6-7,9-10H2,1-5H3,(H,22,26). The van der Waals surface area contributed by atoms with Gasteiger partial charge < -0.3 is 10.2 Å². The number of hydrogen-bond acceptors (Lipinski definition) is 7. The maximum atomic E-state index is 12.7. The van der Waals surface area contributed by atoms with Crippen LogP contribution in [0.25, 0.3) is 0 Å². The van der Waals surface area contributed by atoms with Crippen molar-refractivity contribution in [3.8, 4) is 0 Å². The third kappa shape index (κ3) is 4.62. The number of carbonyl (C=O) groups excluding carboxylic acids is 1. The van der Waals surface area contributed by atoms with Gasteiger partial charge in [0, 0.05) is 50.2 Å². The highest BCUT2D eigenvalue weighted by Crippen LogP contribution is 2.30. The van der Waals surface area contributed by atoms with E-state index in [-0.39, 0.29) is 17.9 Å². The molecular weight excluding hydrogens is 360 g/mol. The van der Waals surface area contributed by atoms with E-state index >= 15 is 0 Å². The average molecular weight is 389 g/mol. The van der Waals surface area contributed by atoms with Crippen molar-refractivity contribution >= 4 is 23.2 Å². The molecule has 1 aliphatic heterocycles. The first-order valence-electron chi connectivity index (χ1n) is 9.31. The molecule has 0 radical (unpaired) electrons. The lowest BCUT2D eigenvalue weighted by Crippen LogP contribution is -2.32. The van der Waals surface area contributed by atoms with Gasteiger partial charge in [0.1, 0.15) is 0 Å². The summed E-state index contributed by atoms with van der Waals surface area (Å²) in [5.74, 6) is 0.776. The van der Waals surface area contributed by atoms with Crippen LogP contribution in [0.4, 0.5) is 5.95 Å². The Balaban J connectivity index is 1.82. The van der Waals surface area contributed by atoms with Gasteiger partial charge in [-0.2, -0.15) is 0 Å². The second kappa shape index (κ2) is 8.31.